The van der Waals surface area contributed by atoms with Gasteiger partial charge in [0, 0.05) is 31.6 Å². The highest BCUT2D eigenvalue weighted by Gasteiger charge is 2.32. The number of aliphatic carboxylic acids is 1. The van der Waals surface area contributed by atoms with Crippen LogP contribution >= 0.6 is 0 Å². The van der Waals surface area contributed by atoms with Crippen LogP contribution in [0.15, 0.2) is 18.2 Å². The van der Waals surface area contributed by atoms with Crippen molar-refractivity contribution in [2.24, 2.45) is 0 Å². The summed E-state index contributed by atoms with van der Waals surface area (Å²) >= 11 is 0. The lowest BCUT2D eigenvalue weighted by molar-refractivity contribution is -0.136. The molecule has 0 aliphatic carbocycles. The summed E-state index contributed by atoms with van der Waals surface area (Å²) in [6, 6.07) is 5.51. The summed E-state index contributed by atoms with van der Waals surface area (Å²) in [5, 5.41) is 15.8. The lowest BCUT2D eigenvalue weighted by Crippen LogP contribution is -2.43. The van der Waals surface area contributed by atoms with Crippen LogP contribution in [0, 0.1) is 0 Å². The minimum atomic E-state index is -3.85. The summed E-state index contributed by atoms with van der Waals surface area (Å²) in [6.07, 6.45) is 1.83. The van der Waals surface area contributed by atoms with E-state index in [1.165, 1.54) is 5.56 Å². The normalized spacial score (nSPS) is 14.4. The number of sulfone groups is 1. The van der Waals surface area contributed by atoms with Crippen LogP contribution in [0.4, 0.5) is 0 Å². The molecule has 0 unspecified atom stereocenters. The second kappa shape index (κ2) is 11.1. The van der Waals surface area contributed by atoms with Gasteiger partial charge in [0.15, 0.2) is 15.1 Å². The van der Waals surface area contributed by atoms with Crippen molar-refractivity contribution in [3.8, 4) is 0 Å². The highest BCUT2D eigenvalue weighted by Crippen LogP contribution is 2.15. The zero-order valence-corrected chi connectivity index (χ0v) is 17.9. The molecule has 1 aromatic rings. The Bertz CT molecular complexity index is 885. The van der Waals surface area contributed by atoms with Crippen LogP contribution in [0.3, 0.4) is 0 Å². The number of hydrogen-bond donors (Lipinski definition) is 4. The van der Waals surface area contributed by atoms with Crippen LogP contribution in [-0.4, -0.2) is 61.9 Å². The van der Waals surface area contributed by atoms with Gasteiger partial charge >= 0.3 is 5.97 Å². The molecule has 0 radical (unpaired) electrons. The Morgan fingerprint density at radius 1 is 1.20 bits per heavy atom. The fourth-order valence-corrected chi connectivity index (χ4v) is 4.78. The second-order valence-corrected chi connectivity index (χ2v) is 9.57. The molecule has 0 spiro atoms. The second-order valence-electron chi connectivity index (χ2n) is 7.27. The number of carbonyl (C=O) groups is 3. The number of rotatable bonds is 11. The van der Waals surface area contributed by atoms with Gasteiger partial charge in [-0.2, -0.15) is 0 Å². The van der Waals surface area contributed by atoms with Gasteiger partial charge in [-0.1, -0.05) is 19.4 Å². The van der Waals surface area contributed by atoms with Crippen molar-refractivity contribution in [3.05, 3.63) is 34.9 Å². The molecule has 4 N–H and O–H groups in total. The zero-order chi connectivity index (χ0) is 22.1. The van der Waals surface area contributed by atoms with Crippen LogP contribution in [0.5, 0.6) is 0 Å². The third-order valence-corrected chi connectivity index (χ3v) is 7.06. The largest absolute Gasteiger partial charge is 0.480 e. The lowest BCUT2D eigenvalue weighted by atomic mass is 9.98. The van der Waals surface area contributed by atoms with Gasteiger partial charge in [-0.3, -0.25) is 14.4 Å². The number of benzene rings is 1. The van der Waals surface area contributed by atoms with E-state index in [1.807, 2.05) is 19.1 Å². The number of unbranched alkanes of at least 4 members (excludes halogenated alkanes) is 1. The van der Waals surface area contributed by atoms with Crippen molar-refractivity contribution >= 4 is 27.6 Å². The summed E-state index contributed by atoms with van der Waals surface area (Å²) in [7, 11) is -3.85. The van der Waals surface area contributed by atoms with Gasteiger partial charge < -0.3 is 21.1 Å². The molecule has 10 heteroatoms. The molecule has 2 amide bonds. The molecule has 1 heterocycles. The Morgan fingerprint density at radius 2 is 1.97 bits per heavy atom. The number of nitrogens with one attached hydrogen (secondary N) is 3. The maximum absolute atomic E-state index is 12.3. The van der Waals surface area contributed by atoms with E-state index in [9.17, 15) is 27.9 Å². The van der Waals surface area contributed by atoms with Gasteiger partial charge in [-0.15, -0.1) is 0 Å². The minimum absolute atomic E-state index is 0.0559. The molecule has 1 aliphatic rings. The van der Waals surface area contributed by atoms with Gasteiger partial charge in [0.25, 0.3) is 5.91 Å². The predicted octanol–water partition coefficient (Wildman–Crippen LogP) is 0.237. The molecule has 1 aromatic carbocycles. The van der Waals surface area contributed by atoms with Crippen molar-refractivity contribution < 1.29 is 27.9 Å². The Balaban J connectivity index is 1.80. The SMILES string of the molecule is CCCCS(=O)(=O)[C@H](CNC(=O)CCNC(=O)c1ccc2c(c1)CNCC2)C(=O)O. The van der Waals surface area contributed by atoms with E-state index in [4.69, 9.17) is 0 Å². The first-order chi connectivity index (χ1) is 14.2. The van der Waals surface area contributed by atoms with Crippen LogP contribution in [0.1, 0.15) is 47.7 Å². The van der Waals surface area contributed by atoms with E-state index in [1.54, 1.807) is 6.07 Å². The molecule has 30 heavy (non-hydrogen) atoms. The van der Waals surface area contributed by atoms with Gasteiger partial charge in [-0.05, 0) is 42.6 Å². The maximum atomic E-state index is 12.3. The number of hydrogen-bond acceptors (Lipinski definition) is 6. The summed E-state index contributed by atoms with van der Waals surface area (Å²) in [5.41, 5.74) is 2.80. The van der Waals surface area contributed by atoms with Crippen LogP contribution in [0.2, 0.25) is 0 Å². The highest BCUT2D eigenvalue weighted by atomic mass is 32.2. The summed E-state index contributed by atoms with van der Waals surface area (Å²) < 4.78 is 24.2. The summed E-state index contributed by atoms with van der Waals surface area (Å²) in [5.74, 6) is -2.55. The quantitative estimate of drug-likeness (QED) is 0.387. The molecular weight excluding hydrogens is 410 g/mol. The molecule has 0 fully saturated rings. The molecule has 0 aromatic heterocycles. The number of carboxylic acid groups (broad SMARTS) is 1. The van der Waals surface area contributed by atoms with Crippen LogP contribution in [0.25, 0.3) is 0 Å². The fourth-order valence-electron chi connectivity index (χ4n) is 3.16. The topological polar surface area (TPSA) is 142 Å². The van der Waals surface area contributed by atoms with Crippen molar-refractivity contribution in [3.63, 3.8) is 0 Å². The number of carbonyl (C=O) groups excluding carboxylic acids is 2. The van der Waals surface area contributed by atoms with E-state index in [2.05, 4.69) is 16.0 Å². The average Bonchev–Trinajstić information content (AvgIpc) is 2.71. The first-order valence-corrected chi connectivity index (χ1v) is 11.8. The molecule has 1 aliphatic heterocycles. The lowest BCUT2D eigenvalue weighted by Gasteiger charge is -2.17. The van der Waals surface area contributed by atoms with E-state index in [-0.39, 0.29) is 24.6 Å². The molecule has 0 saturated carbocycles. The van der Waals surface area contributed by atoms with Gasteiger partial charge in [0.05, 0.1) is 5.75 Å². The van der Waals surface area contributed by atoms with Crippen LogP contribution in [-0.2, 0) is 32.4 Å². The number of fused-ring (bicyclic) bond motifs is 1. The molecule has 9 nitrogen and oxygen atoms in total. The molecule has 1 atom stereocenters. The van der Waals surface area contributed by atoms with E-state index >= 15 is 0 Å². The molecule has 0 bridgehead atoms. The minimum Gasteiger partial charge on any atom is -0.480 e. The highest BCUT2D eigenvalue weighted by molar-refractivity contribution is 7.92. The Kier molecular flexibility index (Phi) is 8.79. The molecular formula is C20H29N3O6S. The monoisotopic (exact) mass is 439 g/mol. The van der Waals surface area contributed by atoms with Gasteiger partial charge in [-0.25, -0.2) is 8.42 Å². The Hall–Kier alpha value is -2.46. The van der Waals surface area contributed by atoms with Crippen molar-refractivity contribution in [1.82, 2.24) is 16.0 Å². The predicted molar refractivity (Wildman–Crippen MR) is 112 cm³/mol. The van der Waals surface area contributed by atoms with E-state index < -0.39 is 33.5 Å². The first kappa shape index (κ1) is 23.8. The third-order valence-electron chi connectivity index (χ3n) is 4.97. The maximum Gasteiger partial charge on any atom is 0.323 e. The standard InChI is InChI=1S/C20H29N3O6S/c1-2-3-10-30(28,29)17(20(26)27)13-23-18(24)7-9-22-19(25)15-5-4-14-6-8-21-12-16(14)11-15/h4-5,11,17,21H,2-3,6-10,12-13H2,1H3,(H,22,25)(H,23,24)(H,26,27)/t17-/m1/s1. The average molecular weight is 440 g/mol. The fraction of sp³-hybridized carbons (Fsp3) is 0.550. The molecule has 0 saturated heterocycles. The zero-order valence-electron chi connectivity index (χ0n) is 17.1. The smallest absolute Gasteiger partial charge is 0.323 e. The third kappa shape index (κ3) is 6.81. The molecule has 166 valence electrons. The van der Waals surface area contributed by atoms with Gasteiger partial charge in [0.1, 0.15) is 0 Å². The van der Waals surface area contributed by atoms with Crippen molar-refractivity contribution in [1.29, 1.82) is 0 Å². The Labute approximate surface area is 176 Å². The summed E-state index contributed by atoms with van der Waals surface area (Å²) in [6.45, 7) is 3.00. The van der Waals surface area contributed by atoms with Crippen molar-refractivity contribution in [2.75, 3.05) is 25.4 Å². The Morgan fingerprint density at radius 3 is 2.67 bits per heavy atom. The molecule has 2 rings (SSSR count). The van der Waals surface area contributed by atoms with E-state index in [0.29, 0.717) is 24.9 Å². The number of amides is 2. The van der Waals surface area contributed by atoms with Crippen molar-refractivity contribution in [2.45, 2.75) is 44.4 Å². The van der Waals surface area contributed by atoms with Gasteiger partial charge in [0.2, 0.25) is 5.91 Å². The van der Waals surface area contributed by atoms with E-state index in [0.717, 1.165) is 18.5 Å². The summed E-state index contributed by atoms with van der Waals surface area (Å²) in [4.78, 5) is 35.5. The number of carboxylic acids is 1. The van der Waals surface area contributed by atoms with Crippen LogP contribution < -0.4 is 16.0 Å². The first-order valence-electron chi connectivity index (χ1n) is 10.1.